The van der Waals surface area contributed by atoms with Crippen molar-refractivity contribution in [2.75, 3.05) is 49.5 Å². The first-order valence-electron chi connectivity index (χ1n) is 13.3. The molecule has 2 aliphatic rings. The fourth-order valence-electron chi connectivity index (χ4n) is 4.57. The largest absolute Gasteiger partial charge is 0.483 e. The molecular formula is C28H31N5O7S. The van der Waals surface area contributed by atoms with Gasteiger partial charge in [0.2, 0.25) is 5.91 Å². The zero-order valence-corrected chi connectivity index (χ0v) is 23.6. The number of hydrogen-bond acceptors (Lipinski definition) is 9. The first-order valence-corrected chi connectivity index (χ1v) is 14.1. The quantitative estimate of drug-likeness (QED) is 0.236. The molecule has 12 nitrogen and oxygen atoms in total. The molecule has 216 valence electrons. The number of benzene rings is 2. The summed E-state index contributed by atoms with van der Waals surface area (Å²) < 4.78 is 5.86. The maximum Gasteiger partial charge on any atom is 0.294 e. The summed E-state index contributed by atoms with van der Waals surface area (Å²) in [4.78, 5) is 66.2. The van der Waals surface area contributed by atoms with E-state index in [2.05, 4.69) is 10.2 Å². The molecule has 0 aliphatic carbocycles. The molecule has 41 heavy (non-hydrogen) atoms. The van der Waals surface area contributed by atoms with E-state index in [4.69, 9.17) is 4.74 Å². The molecular weight excluding hydrogens is 550 g/mol. The Morgan fingerprint density at radius 1 is 1.12 bits per heavy atom. The molecule has 0 atom stereocenters. The molecule has 2 aromatic rings. The number of imide groups is 1. The number of nitrogens with zero attached hydrogens (tertiary/aromatic N) is 4. The summed E-state index contributed by atoms with van der Waals surface area (Å²) in [6, 6.07) is 10.9. The fourth-order valence-corrected chi connectivity index (χ4v) is 5.40. The summed E-state index contributed by atoms with van der Waals surface area (Å²) in [6.45, 7) is 6.01. The van der Waals surface area contributed by atoms with Gasteiger partial charge < -0.3 is 19.9 Å². The van der Waals surface area contributed by atoms with Crippen molar-refractivity contribution in [1.82, 2.24) is 9.80 Å². The van der Waals surface area contributed by atoms with Crippen LogP contribution in [0.4, 0.5) is 21.9 Å². The van der Waals surface area contributed by atoms with Crippen molar-refractivity contribution in [3.63, 3.8) is 0 Å². The lowest BCUT2D eigenvalue weighted by Crippen LogP contribution is -2.40. The molecule has 2 heterocycles. The first-order chi connectivity index (χ1) is 19.7. The Balaban J connectivity index is 1.52. The van der Waals surface area contributed by atoms with Crippen LogP contribution < -0.4 is 15.0 Å². The van der Waals surface area contributed by atoms with Crippen molar-refractivity contribution in [1.29, 1.82) is 0 Å². The van der Waals surface area contributed by atoms with Crippen LogP contribution in [0.2, 0.25) is 0 Å². The lowest BCUT2D eigenvalue weighted by atomic mass is 10.1. The molecule has 0 bridgehead atoms. The number of amides is 4. The second-order valence-corrected chi connectivity index (χ2v) is 10.4. The number of carbonyl (C=O) groups is 4. The normalized spacial score (nSPS) is 15.9. The van der Waals surface area contributed by atoms with Crippen LogP contribution in [-0.4, -0.2) is 77.0 Å². The van der Waals surface area contributed by atoms with Crippen LogP contribution in [0.1, 0.15) is 32.3 Å². The van der Waals surface area contributed by atoms with E-state index in [0.717, 1.165) is 48.3 Å². The van der Waals surface area contributed by atoms with E-state index in [-0.39, 0.29) is 28.7 Å². The Morgan fingerprint density at radius 2 is 1.85 bits per heavy atom. The highest BCUT2D eigenvalue weighted by Gasteiger charge is 2.37. The first kappa shape index (κ1) is 29.6. The van der Waals surface area contributed by atoms with Gasteiger partial charge >= 0.3 is 0 Å². The van der Waals surface area contributed by atoms with E-state index in [1.54, 1.807) is 17.0 Å². The summed E-state index contributed by atoms with van der Waals surface area (Å²) in [6.07, 6.45) is 3.33. The number of ether oxygens (including phenoxy) is 1. The van der Waals surface area contributed by atoms with E-state index in [9.17, 15) is 29.3 Å². The molecule has 0 radical (unpaired) electrons. The number of nitrogens with one attached hydrogen (secondary N) is 1. The van der Waals surface area contributed by atoms with Gasteiger partial charge in [-0.3, -0.25) is 34.2 Å². The van der Waals surface area contributed by atoms with E-state index >= 15 is 0 Å². The second-order valence-electron chi connectivity index (χ2n) is 9.39. The number of nitro benzene ring substituents is 1. The van der Waals surface area contributed by atoms with E-state index in [1.165, 1.54) is 30.3 Å². The van der Waals surface area contributed by atoms with Crippen molar-refractivity contribution in [3.05, 3.63) is 63.0 Å². The molecule has 4 amide bonds. The lowest BCUT2D eigenvalue weighted by Gasteiger charge is -2.22. The van der Waals surface area contributed by atoms with Crippen LogP contribution in [0.5, 0.6) is 5.75 Å². The summed E-state index contributed by atoms with van der Waals surface area (Å²) in [5.41, 5.74) is 1.40. The van der Waals surface area contributed by atoms with Gasteiger partial charge in [0.25, 0.3) is 22.7 Å². The average Bonchev–Trinajstić information content (AvgIpc) is 3.59. The predicted octanol–water partition coefficient (Wildman–Crippen LogP) is 4.12. The molecule has 4 rings (SSSR count). The summed E-state index contributed by atoms with van der Waals surface area (Å²) >= 11 is 0.747. The van der Waals surface area contributed by atoms with Gasteiger partial charge in [0.1, 0.15) is 12.3 Å². The average molecular weight is 582 g/mol. The Hall–Kier alpha value is -4.39. The topological polar surface area (TPSA) is 142 Å². The van der Waals surface area contributed by atoms with Crippen LogP contribution in [0, 0.1) is 10.1 Å². The van der Waals surface area contributed by atoms with Crippen molar-refractivity contribution in [2.45, 2.75) is 26.7 Å². The molecule has 0 unspecified atom stereocenters. The number of likely N-dealkylation sites (tertiary alicyclic amines) is 1. The van der Waals surface area contributed by atoms with Crippen molar-refractivity contribution >= 4 is 57.9 Å². The Kier molecular flexibility index (Phi) is 9.61. The van der Waals surface area contributed by atoms with Crippen LogP contribution in [-0.2, 0) is 14.4 Å². The molecule has 2 aromatic carbocycles. The summed E-state index contributed by atoms with van der Waals surface area (Å²) in [5.74, 6) is -1.04. The molecule has 13 heteroatoms. The van der Waals surface area contributed by atoms with Crippen LogP contribution in [0.3, 0.4) is 0 Å². The standard InChI is InChI=1S/C28H31N5O7S/c1-3-30(4-2)21-11-10-19(14-24-27(36)32(28(37)41-24)17-26(35)31-12-5-6-13-31)23(16-21)40-18-25(34)29-20-8-7-9-22(15-20)33(38)39/h7-11,14-16H,3-6,12-13,17-18H2,1-2H3,(H,29,34)/b24-14+. The van der Waals surface area contributed by atoms with Gasteiger partial charge in [0.15, 0.2) is 6.61 Å². The molecule has 0 saturated carbocycles. The molecule has 1 N–H and O–H groups in total. The minimum Gasteiger partial charge on any atom is -0.483 e. The maximum atomic E-state index is 13.1. The fraction of sp³-hybridized carbons (Fsp3) is 0.357. The number of non-ortho nitro benzene ring substituents is 1. The van der Waals surface area contributed by atoms with Crippen molar-refractivity contribution in [2.24, 2.45) is 0 Å². The predicted molar refractivity (Wildman–Crippen MR) is 156 cm³/mol. The summed E-state index contributed by atoms with van der Waals surface area (Å²) in [7, 11) is 0. The zero-order chi connectivity index (χ0) is 29.5. The minimum atomic E-state index is -0.560. The molecule has 2 saturated heterocycles. The zero-order valence-electron chi connectivity index (χ0n) is 22.8. The Bertz CT molecular complexity index is 1390. The van der Waals surface area contributed by atoms with Crippen LogP contribution in [0.15, 0.2) is 47.4 Å². The van der Waals surface area contributed by atoms with E-state index in [0.29, 0.717) is 24.4 Å². The minimum absolute atomic E-state index is 0.144. The van der Waals surface area contributed by atoms with Crippen LogP contribution >= 0.6 is 11.8 Å². The van der Waals surface area contributed by atoms with Gasteiger partial charge in [-0.1, -0.05) is 6.07 Å². The Morgan fingerprint density at radius 3 is 2.54 bits per heavy atom. The Labute approximate surface area is 241 Å². The van der Waals surface area contributed by atoms with E-state index < -0.39 is 28.6 Å². The van der Waals surface area contributed by atoms with Gasteiger partial charge in [-0.25, -0.2) is 0 Å². The second kappa shape index (κ2) is 13.3. The highest BCUT2D eigenvalue weighted by atomic mass is 32.2. The molecule has 0 aromatic heterocycles. The van der Waals surface area contributed by atoms with Gasteiger partial charge in [-0.05, 0) is 62.7 Å². The number of thioether (sulfide) groups is 1. The highest BCUT2D eigenvalue weighted by molar-refractivity contribution is 8.18. The molecule has 2 aliphatic heterocycles. The molecule has 0 spiro atoms. The number of carbonyl (C=O) groups excluding carboxylic acids is 4. The third-order valence-corrected chi connectivity index (χ3v) is 7.64. The van der Waals surface area contributed by atoms with Gasteiger partial charge in [-0.2, -0.15) is 0 Å². The number of anilines is 2. The third-order valence-electron chi connectivity index (χ3n) is 6.74. The molecule has 2 fully saturated rings. The summed E-state index contributed by atoms with van der Waals surface area (Å²) in [5, 5.41) is 13.1. The highest BCUT2D eigenvalue weighted by Crippen LogP contribution is 2.35. The maximum absolute atomic E-state index is 13.1. The van der Waals surface area contributed by atoms with Crippen molar-refractivity contribution < 1.29 is 28.8 Å². The number of hydrogen-bond donors (Lipinski definition) is 1. The monoisotopic (exact) mass is 581 g/mol. The third kappa shape index (κ3) is 7.23. The van der Waals surface area contributed by atoms with Crippen molar-refractivity contribution in [3.8, 4) is 5.75 Å². The smallest absolute Gasteiger partial charge is 0.294 e. The number of nitro groups is 1. The van der Waals surface area contributed by atoms with Gasteiger partial charge in [0, 0.05) is 61.3 Å². The SMILES string of the molecule is CCN(CC)c1ccc(/C=C2/SC(=O)N(CC(=O)N3CCCC3)C2=O)c(OCC(=O)Nc2cccc([N+](=O)[O-])c2)c1. The number of rotatable bonds is 11. The van der Waals surface area contributed by atoms with Gasteiger partial charge in [-0.15, -0.1) is 0 Å². The van der Waals surface area contributed by atoms with Gasteiger partial charge in [0.05, 0.1) is 9.83 Å². The lowest BCUT2D eigenvalue weighted by molar-refractivity contribution is -0.384. The van der Waals surface area contributed by atoms with E-state index in [1.807, 2.05) is 19.9 Å². The van der Waals surface area contributed by atoms with Crippen LogP contribution in [0.25, 0.3) is 6.08 Å².